The van der Waals surface area contributed by atoms with Crippen molar-refractivity contribution in [3.63, 3.8) is 0 Å². The Hall–Kier alpha value is -4.70. The highest BCUT2D eigenvalue weighted by atomic mass is 16.5. The molecule has 1 heterocycles. The van der Waals surface area contributed by atoms with Crippen molar-refractivity contribution in [3.05, 3.63) is 95.1 Å². The number of imide groups is 1. The van der Waals surface area contributed by atoms with Crippen molar-refractivity contribution in [1.82, 2.24) is 4.90 Å². The Kier molecular flexibility index (Phi) is 6.24. The van der Waals surface area contributed by atoms with Gasteiger partial charge in [-0.1, -0.05) is 24.3 Å². The molecule has 2 amide bonds. The maximum absolute atomic E-state index is 12.8. The molecule has 0 bridgehead atoms. The van der Waals surface area contributed by atoms with Gasteiger partial charge < -0.3 is 9.47 Å². The Labute approximate surface area is 196 Å². The topological polar surface area (TPSA) is 96.7 Å². The van der Waals surface area contributed by atoms with E-state index in [2.05, 4.69) is 6.07 Å². The fraction of sp³-hybridized carbons (Fsp3) is 0.111. The van der Waals surface area contributed by atoms with E-state index in [1.807, 2.05) is 0 Å². The summed E-state index contributed by atoms with van der Waals surface area (Å²) in [5, 5.41) is 9.60. The van der Waals surface area contributed by atoms with Gasteiger partial charge in [0.15, 0.2) is 0 Å². The standard InChI is InChI=1S/C27H20N2O5/c1-17(29-25(30)23-8-3-4-9-24(23)26(29)31)27(32)34-22-7-5-6-18(15-22)14-20(16-28)19-10-12-21(33-2)13-11-19/h3-15,17H,1-2H3/b20-14-. The van der Waals surface area contributed by atoms with Gasteiger partial charge in [0.25, 0.3) is 11.8 Å². The number of amides is 2. The second-order valence-corrected chi connectivity index (χ2v) is 7.59. The molecule has 34 heavy (non-hydrogen) atoms. The number of benzene rings is 3. The van der Waals surface area contributed by atoms with Gasteiger partial charge in [-0.25, -0.2) is 4.79 Å². The van der Waals surface area contributed by atoms with Crippen LogP contribution in [0.15, 0.2) is 72.8 Å². The first-order valence-electron chi connectivity index (χ1n) is 10.5. The molecule has 0 saturated heterocycles. The van der Waals surface area contributed by atoms with Gasteiger partial charge in [-0.15, -0.1) is 0 Å². The van der Waals surface area contributed by atoms with Crippen LogP contribution in [0, 0.1) is 11.3 Å². The Balaban J connectivity index is 1.51. The number of hydrogen-bond donors (Lipinski definition) is 0. The van der Waals surface area contributed by atoms with Crippen LogP contribution in [-0.4, -0.2) is 35.8 Å². The average molecular weight is 452 g/mol. The third-order valence-corrected chi connectivity index (χ3v) is 5.46. The summed E-state index contributed by atoms with van der Waals surface area (Å²) in [7, 11) is 1.57. The van der Waals surface area contributed by atoms with E-state index < -0.39 is 23.8 Å². The van der Waals surface area contributed by atoms with E-state index in [0.717, 1.165) is 4.90 Å². The maximum Gasteiger partial charge on any atom is 0.334 e. The number of ether oxygens (including phenoxy) is 2. The monoisotopic (exact) mass is 452 g/mol. The zero-order valence-corrected chi connectivity index (χ0v) is 18.5. The first kappa shape index (κ1) is 22.5. The van der Waals surface area contributed by atoms with Crippen LogP contribution in [0.2, 0.25) is 0 Å². The summed E-state index contributed by atoms with van der Waals surface area (Å²) < 4.78 is 10.6. The second-order valence-electron chi connectivity index (χ2n) is 7.59. The third-order valence-electron chi connectivity index (χ3n) is 5.46. The van der Waals surface area contributed by atoms with Gasteiger partial charge in [0.2, 0.25) is 0 Å². The number of carbonyl (C=O) groups is 3. The van der Waals surface area contributed by atoms with Gasteiger partial charge in [-0.05, 0) is 72.7 Å². The average Bonchev–Trinajstić information content (AvgIpc) is 3.12. The van der Waals surface area contributed by atoms with Gasteiger partial charge in [0.05, 0.1) is 29.9 Å². The fourth-order valence-electron chi connectivity index (χ4n) is 3.65. The summed E-state index contributed by atoms with van der Waals surface area (Å²) in [5.41, 5.74) is 2.31. The molecular formula is C27H20N2O5. The van der Waals surface area contributed by atoms with Gasteiger partial charge in [-0.3, -0.25) is 14.5 Å². The second kappa shape index (κ2) is 9.43. The van der Waals surface area contributed by atoms with E-state index in [9.17, 15) is 19.6 Å². The lowest BCUT2D eigenvalue weighted by molar-refractivity contribution is -0.138. The number of nitriles is 1. The molecule has 7 heteroatoms. The van der Waals surface area contributed by atoms with Crippen LogP contribution in [0.1, 0.15) is 38.8 Å². The van der Waals surface area contributed by atoms with Crippen LogP contribution in [0.5, 0.6) is 11.5 Å². The number of carbonyl (C=O) groups excluding carboxylic acids is 3. The van der Waals surface area contributed by atoms with Crippen molar-refractivity contribution in [3.8, 4) is 17.6 Å². The normalized spacial score (nSPS) is 13.8. The molecule has 3 aromatic rings. The van der Waals surface area contributed by atoms with E-state index in [0.29, 0.717) is 22.4 Å². The maximum atomic E-state index is 12.8. The van der Waals surface area contributed by atoms with Crippen molar-refractivity contribution >= 4 is 29.4 Å². The van der Waals surface area contributed by atoms with Crippen LogP contribution in [0.3, 0.4) is 0 Å². The molecule has 1 unspecified atom stereocenters. The molecule has 168 valence electrons. The minimum atomic E-state index is -1.11. The number of hydrogen-bond acceptors (Lipinski definition) is 6. The highest BCUT2D eigenvalue weighted by Crippen LogP contribution is 2.26. The zero-order chi connectivity index (χ0) is 24.2. The Morgan fingerprint density at radius 3 is 2.18 bits per heavy atom. The third kappa shape index (κ3) is 4.30. The lowest BCUT2D eigenvalue weighted by Crippen LogP contribution is -2.44. The highest BCUT2D eigenvalue weighted by Gasteiger charge is 2.41. The summed E-state index contributed by atoms with van der Waals surface area (Å²) in [4.78, 5) is 39.0. The molecule has 1 atom stereocenters. The van der Waals surface area contributed by atoms with Crippen molar-refractivity contribution in [2.45, 2.75) is 13.0 Å². The summed E-state index contributed by atoms with van der Waals surface area (Å²) in [6, 6.07) is 21.2. The van der Waals surface area contributed by atoms with Gasteiger partial charge >= 0.3 is 5.97 Å². The fourth-order valence-corrected chi connectivity index (χ4v) is 3.65. The number of allylic oxidation sites excluding steroid dienone is 1. The molecule has 0 aliphatic carbocycles. The number of nitrogens with zero attached hydrogens (tertiary/aromatic N) is 2. The highest BCUT2D eigenvalue weighted by molar-refractivity contribution is 6.22. The minimum absolute atomic E-state index is 0.231. The van der Waals surface area contributed by atoms with Crippen molar-refractivity contribution < 1.29 is 23.9 Å². The minimum Gasteiger partial charge on any atom is -0.497 e. The first-order valence-corrected chi connectivity index (χ1v) is 10.5. The zero-order valence-electron chi connectivity index (χ0n) is 18.5. The molecule has 0 saturated carbocycles. The SMILES string of the molecule is COc1ccc(/C(C#N)=C\c2cccc(OC(=O)C(C)N3C(=O)c4ccccc4C3=O)c2)cc1. The van der Waals surface area contributed by atoms with Gasteiger partial charge in [-0.2, -0.15) is 5.26 Å². The lowest BCUT2D eigenvalue weighted by atomic mass is 10.0. The Morgan fingerprint density at radius 1 is 0.941 bits per heavy atom. The molecule has 0 N–H and O–H groups in total. The number of methoxy groups -OCH3 is 1. The molecule has 0 spiro atoms. The predicted molar refractivity (Wildman–Crippen MR) is 125 cm³/mol. The van der Waals surface area contributed by atoms with E-state index >= 15 is 0 Å². The number of esters is 1. The molecule has 1 aliphatic heterocycles. The number of fused-ring (bicyclic) bond motifs is 1. The van der Waals surface area contributed by atoms with E-state index in [-0.39, 0.29) is 16.9 Å². The summed E-state index contributed by atoms with van der Waals surface area (Å²) in [6.45, 7) is 1.45. The van der Waals surface area contributed by atoms with Crippen LogP contribution in [0.4, 0.5) is 0 Å². The Morgan fingerprint density at radius 2 is 1.59 bits per heavy atom. The van der Waals surface area contributed by atoms with E-state index in [1.165, 1.54) is 6.92 Å². The van der Waals surface area contributed by atoms with Crippen LogP contribution in [-0.2, 0) is 4.79 Å². The molecule has 0 aromatic heterocycles. The van der Waals surface area contributed by atoms with Crippen molar-refractivity contribution in [1.29, 1.82) is 5.26 Å². The molecule has 0 radical (unpaired) electrons. The molecular weight excluding hydrogens is 432 g/mol. The van der Waals surface area contributed by atoms with Gasteiger partial charge in [0, 0.05) is 0 Å². The summed E-state index contributed by atoms with van der Waals surface area (Å²) >= 11 is 0. The van der Waals surface area contributed by atoms with E-state index in [1.54, 1.807) is 86.0 Å². The molecule has 0 fully saturated rings. The molecule has 4 rings (SSSR count). The van der Waals surface area contributed by atoms with Crippen molar-refractivity contribution in [2.75, 3.05) is 7.11 Å². The Bertz CT molecular complexity index is 1320. The number of rotatable bonds is 6. The largest absolute Gasteiger partial charge is 0.497 e. The smallest absolute Gasteiger partial charge is 0.334 e. The van der Waals surface area contributed by atoms with Crippen LogP contribution < -0.4 is 9.47 Å². The first-order chi connectivity index (χ1) is 16.4. The summed E-state index contributed by atoms with van der Waals surface area (Å²) in [6.07, 6.45) is 1.67. The molecule has 7 nitrogen and oxygen atoms in total. The molecule has 3 aromatic carbocycles. The van der Waals surface area contributed by atoms with Crippen molar-refractivity contribution in [2.24, 2.45) is 0 Å². The van der Waals surface area contributed by atoms with Crippen LogP contribution in [0.25, 0.3) is 11.6 Å². The lowest BCUT2D eigenvalue weighted by Gasteiger charge is -2.20. The predicted octanol–water partition coefficient (Wildman–Crippen LogP) is 4.35. The van der Waals surface area contributed by atoms with Crippen LogP contribution >= 0.6 is 0 Å². The quantitative estimate of drug-likeness (QED) is 0.181. The van der Waals surface area contributed by atoms with E-state index in [4.69, 9.17) is 9.47 Å². The van der Waals surface area contributed by atoms with Gasteiger partial charge in [0.1, 0.15) is 17.5 Å². The molecule has 1 aliphatic rings. The summed E-state index contributed by atoms with van der Waals surface area (Å²) in [5.74, 6) is -0.887.